The van der Waals surface area contributed by atoms with Gasteiger partial charge in [0.25, 0.3) is 0 Å². The van der Waals surface area contributed by atoms with E-state index in [1.165, 1.54) is 0 Å². The first-order valence-corrected chi connectivity index (χ1v) is 7.88. The third-order valence-electron chi connectivity index (χ3n) is 3.90. The lowest BCUT2D eigenvalue weighted by atomic mass is 10.2. The first-order chi connectivity index (χ1) is 9.07. The van der Waals surface area contributed by atoms with Gasteiger partial charge in [-0.15, -0.1) is 0 Å². The molecule has 0 spiro atoms. The zero-order chi connectivity index (χ0) is 14.7. The lowest BCUT2D eigenvalue weighted by Crippen LogP contribution is -2.41. The zero-order valence-electron chi connectivity index (χ0n) is 13.7. The van der Waals surface area contributed by atoms with Crippen molar-refractivity contribution in [1.29, 1.82) is 0 Å². The summed E-state index contributed by atoms with van der Waals surface area (Å²) >= 11 is 0. The number of likely N-dealkylation sites (N-methyl/N-ethyl adjacent to an activating group) is 3. The molecule has 0 aromatic heterocycles. The third kappa shape index (κ3) is 9.38. The van der Waals surface area contributed by atoms with Crippen LogP contribution in [0.15, 0.2) is 0 Å². The predicted octanol–water partition coefficient (Wildman–Crippen LogP) is 1.35. The van der Waals surface area contributed by atoms with Crippen molar-refractivity contribution >= 4 is 0 Å². The van der Waals surface area contributed by atoms with Crippen LogP contribution in [0.5, 0.6) is 0 Å². The molecule has 0 saturated carbocycles. The molecule has 1 N–H and O–H groups in total. The smallest absolute Gasteiger partial charge is 0.0664 e. The van der Waals surface area contributed by atoms with Gasteiger partial charge < -0.3 is 14.9 Å². The van der Waals surface area contributed by atoms with Crippen molar-refractivity contribution in [2.45, 2.75) is 40.2 Å². The van der Waals surface area contributed by atoms with Crippen LogP contribution in [0.2, 0.25) is 0 Å². The molecule has 4 nitrogen and oxygen atoms in total. The van der Waals surface area contributed by atoms with Gasteiger partial charge in [-0.05, 0) is 33.1 Å². The lowest BCUT2D eigenvalue weighted by molar-refractivity contribution is 0.103. The highest BCUT2D eigenvalue weighted by molar-refractivity contribution is 4.66. The summed E-state index contributed by atoms with van der Waals surface area (Å²) in [6, 6.07) is 0. The van der Waals surface area contributed by atoms with E-state index in [0.717, 1.165) is 58.8 Å². The number of hydrogen-bond acceptors (Lipinski definition) is 4. The van der Waals surface area contributed by atoms with E-state index in [2.05, 4.69) is 42.5 Å². The maximum atomic E-state index is 9.73. The average molecular weight is 273 g/mol. The molecule has 0 aromatic carbocycles. The molecule has 0 radical (unpaired) electrons. The summed E-state index contributed by atoms with van der Waals surface area (Å²) in [6.45, 7) is 17.1. The quantitative estimate of drug-likeness (QED) is 0.581. The van der Waals surface area contributed by atoms with Gasteiger partial charge in [0.1, 0.15) is 0 Å². The minimum absolute atomic E-state index is 0.179. The molecular weight excluding hydrogens is 238 g/mol. The second-order valence-corrected chi connectivity index (χ2v) is 5.29. The van der Waals surface area contributed by atoms with Crippen molar-refractivity contribution < 1.29 is 5.11 Å². The fourth-order valence-electron chi connectivity index (χ4n) is 1.99. The topological polar surface area (TPSA) is 30.0 Å². The van der Waals surface area contributed by atoms with Crippen molar-refractivity contribution in [2.75, 3.05) is 59.4 Å². The van der Waals surface area contributed by atoms with E-state index in [4.69, 9.17) is 0 Å². The average Bonchev–Trinajstić information content (AvgIpc) is 2.45. The Kier molecular flexibility index (Phi) is 11.6. The second-order valence-electron chi connectivity index (χ2n) is 5.29. The number of nitrogens with zero attached hydrogens (tertiary/aromatic N) is 3. The Morgan fingerprint density at radius 3 is 1.79 bits per heavy atom. The van der Waals surface area contributed by atoms with Crippen molar-refractivity contribution in [3.8, 4) is 0 Å². The summed E-state index contributed by atoms with van der Waals surface area (Å²) in [5, 5.41) is 9.73. The molecule has 0 rings (SSSR count). The number of aliphatic hydroxyl groups is 1. The van der Waals surface area contributed by atoms with Gasteiger partial charge in [-0.2, -0.15) is 0 Å². The lowest BCUT2D eigenvalue weighted by Gasteiger charge is -2.28. The summed E-state index contributed by atoms with van der Waals surface area (Å²) < 4.78 is 0. The van der Waals surface area contributed by atoms with E-state index >= 15 is 0 Å². The molecular formula is C15H35N3O. The minimum Gasteiger partial charge on any atom is -0.392 e. The van der Waals surface area contributed by atoms with E-state index in [1.807, 2.05) is 6.92 Å². The fourth-order valence-corrected chi connectivity index (χ4v) is 1.99. The predicted molar refractivity (Wildman–Crippen MR) is 83.7 cm³/mol. The van der Waals surface area contributed by atoms with Crippen molar-refractivity contribution in [1.82, 2.24) is 14.7 Å². The second kappa shape index (κ2) is 11.6. The maximum absolute atomic E-state index is 9.73. The Morgan fingerprint density at radius 1 is 0.789 bits per heavy atom. The summed E-state index contributed by atoms with van der Waals surface area (Å²) in [7, 11) is 2.17. The van der Waals surface area contributed by atoms with Crippen LogP contribution in [0.3, 0.4) is 0 Å². The molecule has 0 aliphatic heterocycles. The Bertz CT molecular complexity index is 202. The van der Waals surface area contributed by atoms with Crippen molar-refractivity contribution in [2.24, 2.45) is 0 Å². The highest BCUT2D eigenvalue weighted by atomic mass is 16.3. The number of rotatable bonds is 12. The molecule has 19 heavy (non-hydrogen) atoms. The number of hydrogen-bond donors (Lipinski definition) is 1. The molecule has 0 aliphatic carbocycles. The van der Waals surface area contributed by atoms with Crippen LogP contribution in [0.1, 0.15) is 34.1 Å². The molecule has 0 aromatic rings. The summed E-state index contributed by atoms with van der Waals surface area (Å²) in [4.78, 5) is 7.19. The standard InChI is InChI=1S/C15H35N3O/c1-6-15(19)14-18(9-4)13-12-17(8-3)11-10-16(5)7-2/h15,19H,6-14H2,1-5H3. The first kappa shape index (κ1) is 18.8. The van der Waals surface area contributed by atoms with Crippen molar-refractivity contribution in [3.63, 3.8) is 0 Å². The van der Waals surface area contributed by atoms with Gasteiger partial charge in [0.2, 0.25) is 0 Å². The van der Waals surface area contributed by atoms with E-state index in [-0.39, 0.29) is 6.10 Å². The van der Waals surface area contributed by atoms with Gasteiger partial charge in [-0.25, -0.2) is 0 Å². The van der Waals surface area contributed by atoms with Gasteiger partial charge in [0, 0.05) is 32.7 Å². The van der Waals surface area contributed by atoms with Gasteiger partial charge in [-0.3, -0.25) is 4.90 Å². The fraction of sp³-hybridized carbons (Fsp3) is 1.00. The van der Waals surface area contributed by atoms with E-state index in [9.17, 15) is 5.11 Å². The Balaban J connectivity index is 3.95. The van der Waals surface area contributed by atoms with Crippen LogP contribution < -0.4 is 0 Å². The van der Waals surface area contributed by atoms with Crippen LogP contribution in [-0.2, 0) is 0 Å². The molecule has 0 fully saturated rings. The van der Waals surface area contributed by atoms with E-state index in [1.54, 1.807) is 0 Å². The Labute approximate surface area is 120 Å². The highest BCUT2D eigenvalue weighted by Gasteiger charge is 2.10. The van der Waals surface area contributed by atoms with E-state index < -0.39 is 0 Å². The van der Waals surface area contributed by atoms with E-state index in [0.29, 0.717) is 0 Å². The summed E-state index contributed by atoms with van der Waals surface area (Å²) in [5.74, 6) is 0. The first-order valence-electron chi connectivity index (χ1n) is 7.88. The van der Waals surface area contributed by atoms with Crippen LogP contribution in [0.4, 0.5) is 0 Å². The van der Waals surface area contributed by atoms with Gasteiger partial charge in [0.15, 0.2) is 0 Å². The minimum atomic E-state index is -0.179. The summed E-state index contributed by atoms with van der Waals surface area (Å²) in [6.07, 6.45) is 0.663. The van der Waals surface area contributed by atoms with Crippen LogP contribution in [-0.4, -0.2) is 85.3 Å². The molecule has 0 aliphatic rings. The molecule has 1 atom stereocenters. The van der Waals surface area contributed by atoms with Crippen molar-refractivity contribution in [3.05, 3.63) is 0 Å². The molecule has 0 amide bonds. The van der Waals surface area contributed by atoms with Gasteiger partial charge >= 0.3 is 0 Å². The summed E-state index contributed by atoms with van der Waals surface area (Å²) in [5.41, 5.74) is 0. The van der Waals surface area contributed by atoms with Crippen LogP contribution in [0.25, 0.3) is 0 Å². The van der Waals surface area contributed by atoms with Crippen LogP contribution in [0, 0.1) is 0 Å². The molecule has 0 heterocycles. The SMILES string of the molecule is CCC(O)CN(CC)CCN(CC)CCN(C)CC. The largest absolute Gasteiger partial charge is 0.392 e. The highest BCUT2D eigenvalue weighted by Crippen LogP contribution is 1.98. The van der Waals surface area contributed by atoms with Gasteiger partial charge in [-0.1, -0.05) is 27.7 Å². The molecule has 4 heteroatoms. The monoisotopic (exact) mass is 273 g/mol. The molecule has 1 unspecified atom stereocenters. The zero-order valence-corrected chi connectivity index (χ0v) is 13.7. The molecule has 0 bridgehead atoms. The molecule has 116 valence electrons. The van der Waals surface area contributed by atoms with Gasteiger partial charge in [0.05, 0.1) is 6.10 Å². The van der Waals surface area contributed by atoms with Crippen LogP contribution >= 0.6 is 0 Å². The Morgan fingerprint density at radius 2 is 1.32 bits per heavy atom. The normalized spacial score (nSPS) is 13.7. The molecule has 0 saturated heterocycles. The Hall–Kier alpha value is -0.160. The third-order valence-corrected chi connectivity index (χ3v) is 3.90. The maximum Gasteiger partial charge on any atom is 0.0664 e. The number of aliphatic hydroxyl groups excluding tert-OH is 1.